The van der Waals surface area contributed by atoms with Gasteiger partial charge in [-0.1, -0.05) is 29.8 Å². The Morgan fingerprint density at radius 2 is 1.92 bits per heavy atom. The molecule has 6 rings (SSSR count). The minimum Gasteiger partial charge on any atom is -0.451 e. The molecule has 0 aliphatic heterocycles. The monoisotopic (exact) mass is 536 g/mol. The number of rotatable bonds is 8. The van der Waals surface area contributed by atoms with Crippen molar-refractivity contribution in [3.8, 4) is 16.9 Å². The highest BCUT2D eigenvalue weighted by atomic mass is 35.5. The lowest BCUT2D eigenvalue weighted by Gasteiger charge is -2.20. The van der Waals surface area contributed by atoms with Gasteiger partial charge in [-0.05, 0) is 61.0 Å². The van der Waals surface area contributed by atoms with E-state index in [-0.39, 0.29) is 11.7 Å². The minimum atomic E-state index is -0.442. The number of carbonyl (C=O) groups is 1. The van der Waals surface area contributed by atoms with Gasteiger partial charge in [0, 0.05) is 53.3 Å². The van der Waals surface area contributed by atoms with Crippen LogP contribution in [-0.4, -0.2) is 30.0 Å². The van der Waals surface area contributed by atoms with Crippen LogP contribution >= 0.6 is 11.6 Å². The highest BCUT2D eigenvalue weighted by Crippen LogP contribution is 2.28. The number of nitrogens with zero attached hydrogens (tertiary/aromatic N) is 5. The standard InChI is InChI=1S/C30H25ClN6O2/c1-2-37-26(20-6-9-24(10-7-20)36-14-13-32-19-36)18-34-29(37)25(17-23-5-3-4-12-33-23)35-30(38)28-16-21-15-22(31)8-11-27(21)39-28/h3-16,18-19,25H,2,17H2,1H3,(H,35,38). The molecule has 2 aromatic carbocycles. The fourth-order valence-electron chi connectivity index (χ4n) is 4.74. The normalized spacial score (nSPS) is 12.1. The molecule has 8 nitrogen and oxygen atoms in total. The molecule has 0 aliphatic rings. The number of imidazole rings is 2. The van der Waals surface area contributed by atoms with Gasteiger partial charge < -0.3 is 18.9 Å². The first-order valence-electron chi connectivity index (χ1n) is 12.6. The molecule has 6 aromatic rings. The number of furan rings is 1. The fraction of sp³-hybridized carbons (Fsp3) is 0.133. The van der Waals surface area contributed by atoms with E-state index in [2.05, 4.69) is 38.9 Å². The number of fused-ring (bicyclic) bond motifs is 1. The van der Waals surface area contributed by atoms with Crippen LogP contribution in [-0.2, 0) is 13.0 Å². The van der Waals surface area contributed by atoms with Crippen molar-refractivity contribution in [3.05, 3.63) is 120 Å². The number of pyridine rings is 1. The van der Waals surface area contributed by atoms with Crippen LogP contribution in [0.15, 0.2) is 102 Å². The number of hydrogen-bond acceptors (Lipinski definition) is 5. The Bertz CT molecular complexity index is 1720. The van der Waals surface area contributed by atoms with Gasteiger partial charge in [-0.2, -0.15) is 0 Å². The van der Waals surface area contributed by atoms with Crippen LogP contribution in [0.4, 0.5) is 0 Å². The summed E-state index contributed by atoms with van der Waals surface area (Å²) in [6.07, 6.45) is 9.50. The van der Waals surface area contributed by atoms with Gasteiger partial charge in [0.25, 0.3) is 5.91 Å². The van der Waals surface area contributed by atoms with Gasteiger partial charge in [0.1, 0.15) is 11.4 Å². The fourth-order valence-corrected chi connectivity index (χ4v) is 4.92. The van der Waals surface area contributed by atoms with Gasteiger partial charge in [-0.3, -0.25) is 9.78 Å². The maximum atomic E-state index is 13.4. The van der Waals surface area contributed by atoms with Crippen molar-refractivity contribution >= 4 is 28.5 Å². The molecule has 0 spiro atoms. The van der Waals surface area contributed by atoms with Crippen molar-refractivity contribution < 1.29 is 9.21 Å². The molecule has 1 amide bonds. The SMILES string of the molecule is CCn1c(-c2ccc(-n3ccnc3)cc2)cnc1C(Cc1ccccn1)NC(=O)c1cc2cc(Cl)ccc2o1. The molecule has 4 heterocycles. The zero-order valence-corrected chi connectivity index (χ0v) is 21.9. The van der Waals surface area contributed by atoms with Crippen molar-refractivity contribution in [1.29, 1.82) is 0 Å². The molecule has 4 aromatic heterocycles. The van der Waals surface area contributed by atoms with Gasteiger partial charge in [0.15, 0.2) is 5.76 Å². The summed E-state index contributed by atoms with van der Waals surface area (Å²) >= 11 is 6.12. The first-order chi connectivity index (χ1) is 19.1. The Morgan fingerprint density at radius 3 is 2.67 bits per heavy atom. The Balaban J connectivity index is 1.33. The summed E-state index contributed by atoms with van der Waals surface area (Å²) in [6.45, 7) is 2.74. The first-order valence-corrected chi connectivity index (χ1v) is 13.0. The molecular weight excluding hydrogens is 512 g/mol. The average molecular weight is 537 g/mol. The molecular formula is C30H25ClN6O2. The number of benzene rings is 2. The summed E-state index contributed by atoms with van der Waals surface area (Å²) < 4.78 is 9.90. The van der Waals surface area contributed by atoms with E-state index in [1.165, 1.54) is 0 Å². The lowest BCUT2D eigenvalue weighted by atomic mass is 10.1. The van der Waals surface area contributed by atoms with E-state index in [0.29, 0.717) is 23.6 Å². The summed E-state index contributed by atoms with van der Waals surface area (Å²) in [5, 5.41) is 4.49. The van der Waals surface area contributed by atoms with Crippen LogP contribution in [0.1, 0.15) is 35.0 Å². The molecule has 9 heteroatoms. The van der Waals surface area contributed by atoms with Crippen LogP contribution in [0.3, 0.4) is 0 Å². The van der Waals surface area contributed by atoms with Crippen molar-refractivity contribution in [1.82, 2.24) is 29.4 Å². The van der Waals surface area contributed by atoms with E-state index in [1.807, 2.05) is 47.3 Å². The highest BCUT2D eigenvalue weighted by molar-refractivity contribution is 6.31. The average Bonchev–Trinajstić information content (AvgIpc) is 3.73. The number of aromatic nitrogens is 5. The Kier molecular flexibility index (Phi) is 6.69. The van der Waals surface area contributed by atoms with Gasteiger partial charge in [-0.15, -0.1) is 0 Å². The van der Waals surface area contributed by atoms with E-state index in [4.69, 9.17) is 21.0 Å². The topological polar surface area (TPSA) is 90.8 Å². The second kappa shape index (κ2) is 10.6. The van der Waals surface area contributed by atoms with E-state index >= 15 is 0 Å². The molecule has 194 valence electrons. The number of halogens is 1. The predicted octanol–water partition coefficient (Wildman–Crippen LogP) is 6.26. The van der Waals surface area contributed by atoms with Gasteiger partial charge in [0.2, 0.25) is 0 Å². The summed E-state index contributed by atoms with van der Waals surface area (Å²) in [4.78, 5) is 26.8. The Labute approximate surface area is 229 Å². The van der Waals surface area contributed by atoms with E-state index in [0.717, 1.165) is 33.8 Å². The lowest BCUT2D eigenvalue weighted by molar-refractivity contribution is 0.0908. The van der Waals surface area contributed by atoms with Crippen LogP contribution in [0.25, 0.3) is 27.9 Å². The third kappa shape index (κ3) is 5.06. The Hall–Kier alpha value is -4.69. The van der Waals surface area contributed by atoms with Crippen LogP contribution in [0.5, 0.6) is 0 Å². The zero-order chi connectivity index (χ0) is 26.8. The molecule has 0 saturated heterocycles. The molecule has 39 heavy (non-hydrogen) atoms. The molecule has 1 unspecified atom stereocenters. The van der Waals surface area contributed by atoms with E-state index in [1.54, 1.807) is 43.0 Å². The number of nitrogens with one attached hydrogen (secondary N) is 1. The molecule has 0 bridgehead atoms. The molecule has 0 radical (unpaired) electrons. The predicted molar refractivity (Wildman–Crippen MR) is 150 cm³/mol. The van der Waals surface area contributed by atoms with Gasteiger partial charge in [0.05, 0.1) is 24.3 Å². The van der Waals surface area contributed by atoms with E-state index < -0.39 is 6.04 Å². The van der Waals surface area contributed by atoms with Crippen LogP contribution in [0, 0.1) is 0 Å². The quantitative estimate of drug-likeness (QED) is 0.248. The lowest BCUT2D eigenvalue weighted by Crippen LogP contribution is -2.32. The van der Waals surface area contributed by atoms with E-state index in [9.17, 15) is 4.79 Å². The molecule has 0 saturated carbocycles. The minimum absolute atomic E-state index is 0.211. The number of carbonyl (C=O) groups excluding carboxylic acids is 1. The maximum Gasteiger partial charge on any atom is 0.287 e. The van der Waals surface area contributed by atoms with Crippen molar-refractivity contribution in [2.45, 2.75) is 25.9 Å². The molecule has 0 fully saturated rings. The number of amides is 1. The van der Waals surface area contributed by atoms with Crippen molar-refractivity contribution in [3.63, 3.8) is 0 Å². The molecule has 1 N–H and O–H groups in total. The second-order valence-electron chi connectivity index (χ2n) is 9.11. The summed E-state index contributed by atoms with van der Waals surface area (Å²) in [7, 11) is 0. The smallest absolute Gasteiger partial charge is 0.287 e. The second-order valence-corrected chi connectivity index (χ2v) is 9.54. The Morgan fingerprint density at radius 1 is 1.05 bits per heavy atom. The third-order valence-corrected chi connectivity index (χ3v) is 6.86. The maximum absolute atomic E-state index is 13.4. The first kappa shape index (κ1) is 24.6. The third-order valence-electron chi connectivity index (χ3n) is 6.63. The largest absolute Gasteiger partial charge is 0.451 e. The van der Waals surface area contributed by atoms with Crippen molar-refractivity contribution in [2.75, 3.05) is 0 Å². The van der Waals surface area contributed by atoms with Crippen LogP contribution < -0.4 is 5.32 Å². The zero-order valence-electron chi connectivity index (χ0n) is 21.2. The molecule has 0 aliphatic carbocycles. The van der Waals surface area contributed by atoms with Crippen LogP contribution in [0.2, 0.25) is 5.02 Å². The molecule has 1 atom stereocenters. The highest BCUT2D eigenvalue weighted by Gasteiger charge is 2.25. The number of hydrogen-bond donors (Lipinski definition) is 1. The van der Waals surface area contributed by atoms with Gasteiger partial charge >= 0.3 is 0 Å². The van der Waals surface area contributed by atoms with Gasteiger partial charge in [-0.25, -0.2) is 9.97 Å². The summed E-state index contributed by atoms with van der Waals surface area (Å²) in [6, 6.07) is 20.5. The summed E-state index contributed by atoms with van der Waals surface area (Å²) in [5.74, 6) is 0.618. The summed E-state index contributed by atoms with van der Waals surface area (Å²) in [5.41, 5.74) is 4.45. The van der Waals surface area contributed by atoms with Crippen molar-refractivity contribution in [2.24, 2.45) is 0 Å².